The Morgan fingerprint density at radius 2 is 1.80 bits per heavy atom. The highest BCUT2D eigenvalue weighted by Gasteiger charge is 2.52. The summed E-state index contributed by atoms with van der Waals surface area (Å²) in [6, 6.07) is 4.82. The third kappa shape index (κ3) is 3.06. The maximum absolute atomic E-state index is 12.9. The summed E-state index contributed by atoms with van der Waals surface area (Å²) >= 11 is 0. The molecule has 2 heterocycles. The van der Waals surface area contributed by atoms with Gasteiger partial charge in [-0.1, -0.05) is 6.07 Å². The first-order valence-electron chi connectivity index (χ1n) is 10.7. The fourth-order valence-corrected chi connectivity index (χ4v) is 5.69. The van der Waals surface area contributed by atoms with Gasteiger partial charge in [0.15, 0.2) is 0 Å². The lowest BCUT2D eigenvalue weighted by Gasteiger charge is -2.58. The number of nitrogens with zero attached hydrogens (tertiary/aromatic N) is 1. The summed E-state index contributed by atoms with van der Waals surface area (Å²) in [6.07, 6.45) is 5.12. The van der Waals surface area contributed by atoms with E-state index < -0.39 is 23.8 Å². The summed E-state index contributed by atoms with van der Waals surface area (Å²) in [5, 5.41) is 5.77. The lowest BCUT2D eigenvalue weighted by molar-refractivity contribution is -0.136. The molecule has 4 aliphatic rings. The third-order valence-corrected chi connectivity index (χ3v) is 7.23. The van der Waals surface area contributed by atoms with E-state index in [9.17, 15) is 19.2 Å². The molecule has 1 saturated heterocycles. The Labute approximate surface area is 174 Å². The van der Waals surface area contributed by atoms with Gasteiger partial charge in [-0.25, -0.2) is 0 Å². The number of hydrogen-bond acceptors (Lipinski definition) is 6. The normalized spacial score (nSPS) is 32.7. The fraction of sp³-hybridized carbons (Fsp3) is 0.545. The summed E-state index contributed by atoms with van der Waals surface area (Å²) in [6.45, 7) is 1.42. The number of benzene rings is 1. The van der Waals surface area contributed by atoms with E-state index in [1.54, 1.807) is 12.1 Å². The second kappa shape index (κ2) is 6.99. The van der Waals surface area contributed by atoms with Gasteiger partial charge in [0, 0.05) is 19.0 Å². The number of imide groups is 2. The zero-order valence-corrected chi connectivity index (χ0v) is 16.8. The van der Waals surface area contributed by atoms with Crippen molar-refractivity contribution >= 4 is 23.6 Å². The van der Waals surface area contributed by atoms with Gasteiger partial charge in [0.2, 0.25) is 11.8 Å². The number of nitrogens with one attached hydrogen (secondary N) is 2. The smallest absolute Gasteiger partial charge is 0.262 e. The Morgan fingerprint density at radius 3 is 2.50 bits per heavy atom. The van der Waals surface area contributed by atoms with Crippen LogP contribution in [-0.2, 0) is 16.1 Å². The van der Waals surface area contributed by atoms with Crippen LogP contribution in [0.3, 0.4) is 0 Å². The summed E-state index contributed by atoms with van der Waals surface area (Å²) in [5.74, 6) is -1.20. The minimum atomic E-state index is -0.928. The van der Waals surface area contributed by atoms with E-state index in [4.69, 9.17) is 5.73 Å². The van der Waals surface area contributed by atoms with E-state index in [-0.39, 0.29) is 18.7 Å². The van der Waals surface area contributed by atoms with Crippen molar-refractivity contribution in [3.63, 3.8) is 0 Å². The average molecular weight is 410 g/mol. The highest BCUT2D eigenvalue weighted by molar-refractivity contribution is 6.23. The van der Waals surface area contributed by atoms with Gasteiger partial charge in [0.1, 0.15) is 6.04 Å². The standard InChI is InChI=1S/C22H26N4O4/c23-10-13-6-22(7-13)8-14(9-22)24-11-12-1-2-15-16(5-12)21(30)26(20(15)29)17-3-4-18(27)25-19(17)28/h1-2,5,13-14,17,24H,3-4,6-11,23H2,(H,25,27,28). The number of nitrogens with two attached hydrogens (primary N) is 1. The Balaban J connectivity index is 1.22. The summed E-state index contributed by atoms with van der Waals surface area (Å²) in [5.41, 5.74) is 7.83. The van der Waals surface area contributed by atoms with E-state index in [1.165, 1.54) is 25.7 Å². The lowest BCUT2D eigenvalue weighted by Crippen LogP contribution is -2.55. The molecular formula is C22H26N4O4. The first kappa shape index (κ1) is 19.4. The maximum Gasteiger partial charge on any atom is 0.262 e. The van der Waals surface area contributed by atoms with Gasteiger partial charge in [-0.3, -0.25) is 29.4 Å². The van der Waals surface area contributed by atoms with Crippen LogP contribution in [0.2, 0.25) is 0 Å². The largest absolute Gasteiger partial charge is 0.330 e. The van der Waals surface area contributed by atoms with Crippen molar-refractivity contribution in [2.45, 2.75) is 57.2 Å². The molecule has 30 heavy (non-hydrogen) atoms. The predicted octanol–water partition coefficient (Wildman–Crippen LogP) is 0.695. The van der Waals surface area contributed by atoms with Crippen LogP contribution in [0.4, 0.5) is 0 Å². The van der Waals surface area contributed by atoms with Crippen LogP contribution in [0.5, 0.6) is 0 Å². The molecule has 1 spiro atoms. The van der Waals surface area contributed by atoms with Crippen LogP contribution in [0.25, 0.3) is 0 Å². The van der Waals surface area contributed by atoms with Gasteiger partial charge in [-0.15, -0.1) is 0 Å². The molecule has 1 unspecified atom stereocenters. The summed E-state index contributed by atoms with van der Waals surface area (Å²) < 4.78 is 0. The number of carbonyl (C=O) groups is 4. The third-order valence-electron chi connectivity index (χ3n) is 7.23. The van der Waals surface area contributed by atoms with Crippen LogP contribution in [-0.4, -0.2) is 47.2 Å². The molecule has 1 aromatic rings. The first-order chi connectivity index (χ1) is 14.4. The molecule has 3 fully saturated rings. The van der Waals surface area contributed by atoms with Crippen molar-refractivity contribution < 1.29 is 19.2 Å². The number of fused-ring (bicyclic) bond motifs is 1. The Hall–Kier alpha value is -2.58. The number of piperidine rings is 1. The SMILES string of the molecule is NCC1CC2(C1)CC(NCc1ccc3c(c1)C(=O)N(C1CCC(=O)NC1=O)C3=O)C2. The predicted molar refractivity (Wildman–Crippen MR) is 107 cm³/mol. The molecule has 2 aliphatic heterocycles. The molecule has 158 valence electrons. The average Bonchev–Trinajstić information content (AvgIpc) is 2.90. The van der Waals surface area contributed by atoms with Gasteiger partial charge in [-0.05, 0) is 67.7 Å². The molecule has 1 aromatic carbocycles. The van der Waals surface area contributed by atoms with E-state index in [0.717, 1.165) is 17.0 Å². The molecule has 0 aromatic heterocycles. The van der Waals surface area contributed by atoms with Crippen molar-refractivity contribution in [2.75, 3.05) is 6.54 Å². The van der Waals surface area contributed by atoms with E-state index >= 15 is 0 Å². The zero-order chi connectivity index (χ0) is 21.0. The molecule has 8 nitrogen and oxygen atoms in total. The van der Waals surface area contributed by atoms with Crippen molar-refractivity contribution in [3.05, 3.63) is 34.9 Å². The Bertz CT molecular complexity index is 944. The van der Waals surface area contributed by atoms with Crippen LogP contribution in [0.15, 0.2) is 18.2 Å². The molecule has 2 saturated carbocycles. The lowest BCUT2D eigenvalue weighted by atomic mass is 9.50. The Morgan fingerprint density at radius 1 is 1.07 bits per heavy atom. The minimum Gasteiger partial charge on any atom is -0.330 e. The number of amides is 4. The minimum absolute atomic E-state index is 0.119. The zero-order valence-electron chi connectivity index (χ0n) is 16.8. The molecule has 4 amide bonds. The molecule has 5 rings (SSSR count). The summed E-state index contributed by atoms with van der Waals surface area (Å²) in [7, 11) is 0. The van der Waals surface area contributed by atoms with Crippen LogP contribution in [0, 0.1) is 11.3 Å². The van der Waals surface area contributed by atoms with E-state index in [0.29, 0.717) is 35.0 Å². The number of carbonyl (C=O) groups excluding carboxylic acids is 4. The molecule has 1 atom stereocenters. The molecule has 2 aliphatic carbocycles. The molecular weight excluding hydrogens is 384 g/mol. The fourth-order valence-electron chi connectivity index (χ4n) is 5.69. The van der Waals surface area contributed by atoms with E-state index in [2.05, 4.69) is 10.6 Å². The molecule has 0 radical (unpaired) electrons. The Kier molecular flexibility index (Phi) is 4.52. The van der Waals surface area contributed by atoms with Crippen LogP contribution >= 0.6 is 0 Å². The quantitative estimate of drug-likeness (QED) is 0.614. The van der Waals surface area contributed by atoms with Gasteiger partial charge in [0.25, 0.3) is 11.8 Å². The van der Waals surface area contributed by atoms with Crippen molar-refractivity contribution in [3.8, 4) is 0 Å². The topological polar surface area (TPSA) is 122 Å². The van der Waals surface area contributed by atoms with Crippen LogP contribution in [0.1, 0.15) is 64.8 Å². The highest BCUT2D eigenvalue weighted by atomic mass is 16.2. The van der Waals surface area contributed by atoms with Crippen molar-refractivity contribution in [1.82, 2.24) is 15.5 Å². The second-order valence-electron chi connectivity index (χ2n) is 9.32. The van der Waals surface area contributed by atoms with Gasteiger partial charge in [-0.2, -0.15) is 0 Å². The van der Waals surface area contributed by atoms with Crippen molar-refractivity contribution in [1.29, 1.82) is 0 Å². The van der Waals surface area contributed by atoms with Crippen molar-refractivity contribution in [2.24, 2.45) is 17.1 Å². The molecule has 8 heteroatoms. The maximum atomic E-state index is 12.9. The highest BCUT2D eigenvalue weighted by Crippen LogP contribution is 2.58. The van der Waals surface area contributed by atoms with Gasteiger partial charge in [0.05, 0.1) is 11.1 Å². The van der Waals surface area contributed by atoms with E-state index in [1.807, 2.05) is 6.07 Å². The monoisotopic (exact) mass is 410 g/mol. The molecule has 4 N–H and O–H groups in total. The second-order valence-corrected chi connectivity index (χ2v) is 9.32. The number of hydrogen-bond donors (Lipinski definition) is 3. The first-order valence-corrected chi connectivity index (χ1v) is 10.7. The molecule has 0 bridgehead atoms. The number of rotatable bonds is 5. The van der Waals surface area contributed by atoms with Crippen LogP contribution < -0.4 is 16.4 Å². The van der Waals surface area contributed by atoms with Gasteiger partial charge < -0.3 is 11.1 Å². The summed E-state index contributed by atoms with van der Waals surface area (Å²) in [4.78, 5) is 50.2. The van der Waals surface area contributed by atoms with Gasteiger partial charge >= 0.3 is 0 Å².